The zero-order valence-corrected chi connectivity index (χ0v) is 14.7. The van der Waals surface area contributed by atoms with Crippen LogP contribution >= 0.6 is 31.9 Å². The second-order valence-electron chi connectivity index (χ2n) is 4.46. The van der Waals surface area contributed by atoms with Gasteiger partial charge in [-0.15, -0.1) is 0 Å². The Morgan fingerprint density at radius 1 is 1.14 bits per heavy atom. The number of anilines is 1. The van der Waals surface area contributed by atoms with Gasteiger partial charge in [0.1, 0.15) is 5.75 Å². The van der Waals surface area contributed by atoms with Crippen LogP contribution in [0.4, 0.5) is 5.69 Å². The normalized spacial score (nSPS) is 10.2. The van der Waals surface area contributed by atoms with Crippen molar-refractivity contribution in [2.45, 2.75) is 13.3 Å². The van der Waals surface area contributed by atoms with E-state index >= 15 is 0 Å². The van der Waals surface area contributed by atoms with Gasteiger partial charge in [0.05, 0.1) is 5.69 Å². The molecule has 5 heteroatoms. The second-order valence-corrected chi connectivity index (χ2v) is 6.23. The van der Waals surface area contributed by atoms with Crippen molar-refractivity contribution in [1.82, 2.24) is 0 Å². The molecule has 0 aliphatic rings. The molecular weight excluding hydrogens is 398 g/mol. The lowest BCUT2D eigenvalue weighted by Gasteiger charge is -2.09. The quantitative estimate of drug-likeness (QED) is 0.766. The maximum atomic E-state index is 11.9. The molecular formula is C16H15Br2NO2. The molecule has 0 atom stereocenters. The minimum Gasteiger partial charge on any atom is -0.484 e. The summed E-state index contributed by atoms with van der Waals surface area (Å²) in [6, 6.07) is 13.3. The summed E-state index contributed by atoms with van der Waals surface area (Å²) >= 11 is 6.77. The average molecular weight is 413 g/mol. The van der Waals surface area contributed by atoms with Crippen molar-refractivity contribution >= 4 is 43.5 Å². The molecule has 0 heterocycles. The van der Waals surface area contributed by atoms with Gasteiger partial charge in [-0.25, -0.2) is 0 Å². The number of halogens is 2. The lowest BCUT2D eigenvalue weighted by atomic mass is 10.2. The first-order chi connectivity index (χ1) is 10.1. The molecule has 0 fully saturated rings. The summed E-state index contributed by atoms with van der Waals surface area (Å²) in [4.78, 5) is 11.9. The molecule has 2 aromatic carbocycles. The SMILES string of the molecule is CCc1ccc(OCC(=O)Nc2ccc(Br)cc2Br)cc1. The van der Waals surface area contributed by atoms with Crippen LogP contribution in [-0.2, 0) is 11.2 Å². The molecule has 2 aromatic rings. The Balaban J connectivity index is 1.89. The summed E-state index contributed by atoms with van der Waals surface area (Å²) in [5, 5.41) is 2.80. The fourth-order valence-corrected chi connectivity index (χ4v) is 2.89. The highest BCUT2D eigenvalue weighted by atomic mass is 79.9. The van der Waals surface area contributed by atoms with E-state index in [0.29, 0.717) is 11.4 Å². The van der Waals surface area contributed by atoms with Gasteiger partial charge in [0.2, 0.25) is 0 Å². The summed E-state index contributed by atoms with van der Waals surface area (Å²) in [7, 11) is 0. The Kier molecular flexibility index (Phi) is 5.82. The predicted molar refractivity (Wildman–Crippen MR) is 91.8 cm³/mol. The number of carbonyl (C=O) groups excluding carboxylic acids is 1. The molecule has 0 aliphatic carbocycles. The zero-order valence-electron chi connectivity index (χ0n) is 11.5. The lowest BCUT2D eigenvalue weighted by molar-refractivity contribution is -0.118. The van der Waals surface area contributed by atoms with E-state index < -0.39 is 0 Å². The van der Waals surface area contributed by atoms with E-state index in [4.69, 9.17) is 4.74 Å². The van der Waals surface area contributed by atoms with Gasteiger partial charge in [0.15, 0.2) is 6.61 Å². The van der Waals surface area contributed by atoms with Crippen molar-refractivity contribution in [1.29, 1.82) is 0 Å². The van der Waals surface area contributed by atoms with Crippen LogP contribution in [0.3, 0.4) is 0 Å². The van der Waals surface area contributed by atoms with Gasteiger partial charge in [0, 0.05) is 8.95 Å². The van der Waals surface area contributed by atoms with Gasteiger partial charge in [-0.1, -0.05) is 35.0 Å². The van der Waals surface area contributed by atoms with E-state index in [-0.39, 0.29) is 12.5 Å². The van der Waals surface area contributed by atoms with Crippen LogP contribution in [0.25, 0.3) is 0 Å². The van der Waals surface area contributed by atoms with Gasteiger partial charge in [-0.3, -0.25) is 4.79 Å². The lowest BCUT2D eigenvalue weighted by Crippen LogP contribution is -2.20. The summed E-state index contributed by atoms with van der Waals surface area (Å²) in [6.45, 7) is 2.08. The van der Waals surface area contributed by atoms with Crippen molar-refractivity contribution in [3.63, 3.8) is 0 Å². The van der Waals surface area contributed by atoms with Crippen LogP contribution < -0.4 is 10.1 Å². The molecule has 0 aromatic heterocycles. The maximum absolute atomic E-state index is 11.9. The standard InChI is InChI=1S/C16H15Br2NO2/c1-2-11-3-6-13(7-4-11)21-10-16(20)19-15-8-5-12(17)9-14(15)18/h3-9H,2,10H2,1H3,(H,19,20). The largest absolute Gasteiger partial charge is 0.484 e. The van der Waals surface area contributed by atoms with Crippen molar-refractivity contribution in [2.24, 2.45) is 0 Å². The van der Waals surface area contributed by atoms with Gasteiger partial charge in [0.25, 0.3) is 5.91 Å². The monoisotopic (exact) mass is 411 g/mol. The van der Waals surface area contributed by atoms with Gasteiger partial charge < -0.3 is 10.1 Å². The number of aryl methyl sites for hydroxylation is 1. The van der Waals surface area contributed by atoms with Gasteiger partial charge >= 0.3 is 0 Å². The molecule has 2 rings (SSSR count). The first kappa shape index (κ1) is 16.0. The number of ether oxygens (including phenoxy) is 1. The first-order valence-corrected chi connectivity index (χ1v) is 8.13. The van der Waals surface area contributed by atoms with Crippen LogP contribution in [0.15, 0.2) is 51.4 Å². The number of benzene rings is 2. The second kappa shape index (κ2) is 7.61. The summed E-state index contributed by atoms with van der Waals surface area (Å²) in [6.07, 6.45) is 0.984. The summed E-state index contributed by atoms with van der Waals surface area (Å²) in [5.74, 6) is 0.495. The van der Waals surface area contributed by atoms with Crippen LogP contribution in [0.1, 0.15) is 12.5 Å². The summed E-state index contributed by atoms with van der Waals surface area (Å²) in [5.41, 5.74) is 1.96. The van der Waals surface area contributed by atoms with E-state index in [1.165, 1.54) is 5.56 Å². The predicted octanol–water partition coefficient (Wildman–Crippen LogP) is 4.79. The van der Waals surface area contributed by atoms with Crippen molar-refractivity contribution in [2.75, 3.05) is 11.9 Å². The molecule has 0 aliphatic heterocycles. The molecule has 0 radical (unpaired) electrons. The highest BCUT2D eigenvalue weighted by Gasteiger charge is 2.07. The Bertz CT molecular complexity index is 627. The number of nitrogens with one attached hydrogen (secondary N) is 1. The highest BCUT2D eigenvalue weighted by Crippen LogP contribution is 2.26. The average Bonchev–Trinajstić information content (AvgIpc) is 2.48. The fraction of sp³-hybridized carbons (Fsp3) is 0.188. The number of hydrogen-bond donors (Lipinski definition) is 1. The molecule has 3 nitrogen and oxygen atoms in total. The fourth-order valence-electron chi connectivity index (χ4n) is 1.75. The highest BCUT2D eigenvalue weighted by molar-refractivity contribution is 9.11. The molecule has 0 saturated carbocycles. The molecule has 1 N–H and O–H groups in total. The van der Waals surface area contributed by atoms with Gasteiger partial charge in [-0.05, 0) is 58.2 Å². The molecule has 21 heavy (non-hydrogen) atoms. The minimum atomic E-state index is -0.197. The third-order valence-electron chi connectivity index (χ3n) is 2.91. The van der Waals surface area contributed by atoms with Crippen LogP contribution in [0.2, 0.25) is 0 Å². The Labute approximate surface area is 141 Å². The first-order valence-electron chi connectivity index (χ1n) is 6.55. The molecule has 0 unspecified atom stereocenters. The molecule has 0 spiro atoms. The van der Waals surface area contributed by atoms with Crippen LogP contribution in [0, 0.1) is 0 Å². The van der Waals surface area contributed by atoms with Crippen LogP contribution in [-0.4, -0.2) is 12.5 Å². The number of carbonyl (C=O) groups is 1. The molecule has 110 valence electrons. The van der Waals surface area contributed by atoms with Crippen molar-refractivity contribution in [3.05, 3.63) is 57.0 Å². The van der Waals surface area contributed by atoms with E-state index in [2.05, 4.69) is 44.1 Å². The topological polar surface area (TPSA) is 38.3 Å². The van der Waals surface area contributed by atoms with E-state index in [0.717, 1.165) is 15.4 Å². The Hall–Kier alpha value is -1.33. The third kappa shape index (κ3) is 4.86. The van der Waals surface area contributed by atoms with E-state index in [9.17, 15) is 4.79 Å². The number of rotatable bonds is 5. The van der Waals surface area contributed by atoms with Crippen LogP contribution in [0.5, 0.6) is 5.75 Å². The Morgan fingerprint density at radius 2 is 1.86 bits per heavy atom. The third-order valence-corrected chi connectivity index (χ3v) is 4.06. The number of hydrogen-bond acceptors (Lipinski definition) is 2. The van der Waals surface area contributed by atoms with E-state index in [1.807, 2.05) is 42.5 Å². The smallest absolute Gasteiger partial charge is 0.262 e. The molecule has 1 amide bonds. The van der Waals surface area contributed by atoms with Crippen molar-refractivity contribution < 1.29 is 9.53 Å². The Morgan fingerprint density at radius 3 is 2.48 bits per heavy atom. The van der Waals surface area contributed by atoms with E-state index in [1.54, 1.807) is 0 Å². The zero-order chi connectivity index (χ0) is 15.2. The molecule has 0 saturated heterocycles. The summed E-state index contributed by atoms with van der Waals surface area (Å²) < 4.78 is 7.23. The van der Waals surface area contributed by atoms with Gasteiger partial charge in [-0.2, -0.15) is 0 Å². The van der Waals surface area contributed by atoms with Crippen molar-refractivity contribution in [3.8, 4) is 5.75 Å². The minimum absolute atomic E-state index is 0.0199. The molecule has 0 bridgehead atoms. The maximum Gasteiger partial charge on any atom is 0.262 e. The number of amides is 1.